The van der Waals surface area contributed by atoms with Crippen LogP contribution >= 0.6 is 0 Å². The topological polar surface area (TPSA) is 79.1 Å². The number of rotatable bonds is 1. The van der Waals surface area contributed by atoms with Crippen molar-refractivity contribution in [3.05, 3.63) is 11.3 Å². The maximum Gasteiger partial charge on any atom is 0.342 e. The zero-order chi connectivity index (χ0) is 13.2. The summed E-state index contributed by atoms with van der Waals surface area (Å²) >= 11 is 0. The Morgan fingerprint density at radius 3 is 2.05 bits per heavy atom. The molecule has 0 amide bonds. The van der Waals surface area contributed by atoms with Gasteiger partial charge >= 0.3 is 5.95 Å². The molecule has 4 nitrogen and oxygen atoms in total. The first kappa shape index (κ1) is 11.5. The maximum absolute atomic E-state index is 6.27. The summed E-state index contributed by atoms with van der Waals surface area (Å²) in [5.74, 6) is 3.95. The molecule has 0 unspecified atom stereocenters. The third-order valence-corrected chi connectivity index (χ3v) is 5.75. The first-order chi connectivity index (χ1) is 9.06. The van der Waals surface area contributed by atoms with Crippen LogP contribution in [0.4, 0.5) is 11.8 Å². The minimum Gasteiger partial charge on any atom is -0.335 e. The van der Waals surface area contributed by atoms with Gasteiger partial charge in [0.1, 0.15) is 5.69 Å². The zero-order valence-electron chi connectivity index (χ0n) is 11.6. The molecular formula is C15H23N4+. The molecular weight excluding hydrogens is 236 g/mol. The summed E-state index contributed by atoms with van der Waals surface area (Å²) in [6.07, 6.45) is 8.27. The van der Waals surface area contributed by atoms with Crippen LogP contribution in [0.1, 0.15) is 49.8 Å². The van der Waals surface area contributed by atoms with Gasteiger partial charge in [0.25, 0.3) is 0 Å². The summed E-state index contributed by atoms with van der Waals surface area (Å²) in [6.45, 7) is 2.06. The summed E-state index contributed by atoms with van der Waals surface area (Å²) in [4.78, 5) is 7.48. The Balaban J connectivity index is 1.84. The zero-order valence-corrected chi connectivity index (χ0v) is 11.6. The van der Waals surface area contributed by atoms with Crippen molar-refractivity contribution in [2.75, 3.05) is 11.5 Å². The second kappa shape index (κ2) is 3.62. The fraction of sp³-hybridized carbons (Fsp3) is 0.733. The molecule has 1 heterocycles. The summed E-state index contributed by atoms with van der Waals surface area (Å²) in [7, 11) is 0. The predicted octanol–water partition coefficient (Wildman–Crippen LogP) is 1.84. The number of hydrogen-bond donors (Lipinski definition) is 2. The van der Waals surface area contributed by atoms with E-state index in [2.05, 4.69) is 16.9 Å². The van der Waals surface area contributed by atoms with E-state index in [0.29, 0.717) is 11.4 Å². The molecule has 0 radical (unpaired) electrons. The molecule has 1 aromatic heterocycles. The van der Waals surface area contributed by atoms with Crippen LogP contribution in [-0.4, -0.2) is 4.98 Å². The van der Waals surface area contributed by atoms with Gasteiger partial charge in [-0.2, -0.15) is 0 Å². The van der Waals surface area contributed by atoms with Crippen molar-refractivity contribution in [2.45, 2.75) is 50.9 Å². The third kappa shape index (κ3) is 1.58. The molecule has 4 saturated carbocycles. The number of hydrogen-bond acceptors (Lipinski definition) is 3. The van der Waals surface area contributed by atoms with E-state index in [0.717, 1.165) is 29.3 Å². The molecule has 5 rings (SSSR count). The van der Waals surface area contributed by atoms with E-state index in [4.69, 9.17) is 11.5 Å². The van der Waals surface area contributed by atoms with Gasteiger partial charge in [-0.05, 0) is 63.2 Å². The smallest absolute Gasteiger partial charge is 0.335 e. The molecule has 1 aromatic rings. The number of aromatic nitrogens is 2. The fourth-order valence-corrected chi connectivity index (χ4v) is 5.75. The molecule has 0 saturated heterocycles. The van der Waals surface area contributed by atoms with E-state index < -0.39 is 0 Å². The van der Waals surface area contributed by atoms with Crippen molar-refractivity contribution in [3.63, 3.8) is 0 Å². The highest BCUT2D eigenvalue weighted by Gasteiger charge is 2.53. The summed E-state index contributed by atoms with van der Waals surface area (Å²) in [5, 5.41) is 0. The number of anilines is 2. The molecule has 4 aliphatic carbocycles. The van der Waals surface area contributed by atoms with Crippen molar-refractivity contribution in [1.29, 1.82) is 0 Å². The van der Waals surface area contributed by atoms with Gasteiger partial charge in [0, 0.05) is 5.41 Å². The number of nitrogens with two attached hydrogens (primary N) is 2. The van der Waals surface area contributed by atoms with E-state index in [9.17, 15) is 0 Å². The van der Waals surface area contributed by atoms with Gasteiger partial charge < -0.3 is 11.5 Å². The van der Waals surface area contributed by atoms with Gasteiger partial charge in [-0.1, -0.05) is 0 Å². The lowest BCUT2D eigenvalue weighted by molar-refractivity contribution is -0.348. The van der Waals surface area contributed by atoms with Gasteiger partial charge in [0.2, 0.25) is 0 Å². The third-order valence-electron chi connectivity index (χ3n) is 5.75. The minimum absolute atomic E-state index is 0.292. The second-order valence-corrected chi connectivity index (χ2v) is 7.19. The molecule has 4 fully saturated rings. The molecule has 4 aliphatic rings. The fourth-order valence-electron chi connectivity index (χ4n) is 5.75. The van der Waals surface area contributed by atoms with E-state index >= 15 is 0 Å². The van der Waals surface area contributed by atoms with Gasteiger partial charge in [-0.3, -0.25) is 0 Å². The van der Waals surface area contributed by atoms with Crippen molar-refractivity contribution in [3.8, 4) is 0 Å². The number of nitrogens with zero attached hydrogens (tertiary/aromatic N) is 1. The minimum atomic E-state index is 0.292. The molecule has 5 N–H and O–H groups in total. The van der Waals surface area contributed by atoms with Gasteiger partial charge in [0.15, 0.2) is 5.82 Å². The van der Waals surface area contributed by atoms with E-state index in [1.54, 1.807) is 0 Å². The molecule has 4 bridgehead atoms. The van der Waals surface area contributed by atoms with Crippen LogP contribution in [0.15, 0.2) is 0 Å². The van der Waals surface area contributed by atoms with Crippen LogP contribution in [0.3, 0.4) is 0 Å². The van der Waals surface area contributed by atoms with Crippen LogP contribution < -0.4 is 16.5 Å². The summed E-state index contributed by atoms with van der Waals surface area (Å²) < 4.78 is 0. The van der Waals surface area contributed by atoms with Crippen molar-refractivity contribution < 1.29 is 4.98 Å². The number of nitrogen functional groups attached to an aromatic ring is 2. The highest BCUT2D eigenvalue weighted by Crippen LogP contribution is 2.61. The Morgan fingerprint density at radius 2 is 1.58 bits per heavy atom. The Morgan fingerprint density at radius 1 is 1.05 bits per heavy atom. The van der Waals surface area contributed by atoms with Crippen LogP contribution in [0.5, 0.6) is 0 Å². The quantitative estimate of drug-likeness (QED) is 0.807. The lowest BCUT2D eigenvalue weighted by Gasteiger charge is -2.56. The van der Waals surface area contributed by atoms with Crippen molar-refractivity contribution in [1.82, 2.24) is 4.98 Å². The standard InChI is InChI=1S/C15H22N4/c1-8-12(13(16)19-14(17)18-8)15-5-9-2-10(6-15)4-11(3-9)7-15/h9-11H,2-7H2,1H3,(H4,16,17,18,19)/p+1. The molecule has 19 heavy (non-hydrogen) atoms. The number of aromatic amines is 1. The first-order valence-corrected chi connectivity index (χ1v) is 7.51. The number of nitrogens with one attached hydrogen (secondary N) is 1. The van der Waals surface area contributed by atoms with Crippen LogP contribution in [0.25, 0.3) is 0 Å². The SMILES string of the molecule is Cc1nc(N)[nH+]c(N)c1C12CC3CC(CC(C3)C1)C2. The van der Waals surface area contributed by atoms with Crippen molar-refractivity contribution in [2.24, 2.45) is 17.8 Å². The summed E-state index contributed by atoms with van der Waals surface area (Å²) in [5.41, 5.74) is 14.6. The predicted molar refractivity (Wildman–Crippen MR) is 74.2 cm³/mol. The second-order valence-electron chi connectivity index (χ2n) is 7.19. The summed E-state index contributed by atoms with van der Waals surface area (Å²) in [6, 6.07) is 0. The van der Waals surface area contributed by atoms with Crippen LogP contribution in [0, 0.1) is 24.7 Å². The normalized spacial score (nSPS) is 39.7. The van der Waals surface area contributed by atoms with Gasteiger partial charge in [-0.25, -0.2) is 4.98 Å². The lowest BCUT2D eigenvalue weighted by Crippen LogP contribution is -2.49. The first-order valence-electron chi connectivity index (χ1n) is 7.51. The number of aryl methyl sites for hydroxylation is 1. The Kier molecular flexibility index (Phi) is 2.19. The molecule has 0 aromatic carbocycles. The Hall–Kier alpha value is -1.32. The van der Waals surface area contributed by atoms with Gasteiger partial charge in [-0.15, -0.1) is 4.98 Å². The average Bonchev–Trinajstić information content (AvgIpc) is 2.24. The highest BCUT2D eigenvalue weighted by atomic mass is 15.0. The highest BCUT2D eigenvalue weighted by molar-refractivity contribution is 5.46. The molecule has 0 spiro atoms. The van der Waals surface area contributed by atoms with Crippen LogP contribution in [-0.2, 0) is 5.41 Å². The average molecular weight is 259 g/mol. The van der Waals surface area contributed by atoms with Crippen LogP contribution in [0.2, 0.25) is 0 Å². The Bertz CT molecular complexity index is 479. The number of H-pyrrole nitrogens is 1. The Labute approximate surface area is 114 Å². The molecule has 0 atom stereocenters. The largest absolute Gasteiger partial charge is 0.342 e. The molecule has 0 aliphatic heterocycles. The maximum atomic E-state index is 6.27. The van der Waals surface area contributed by atoms with E-state index in [1.165, 1.54) is 44.1 Å². The molecule has 4 heteroatoms. The van der Waals surface area contributed by atoms with Crippen molar-refractivity contribution >= 4 is 11.8 Å². The lowest BCUT2D eigenvalue weighted by atomic mass is 9.48. The monoisotopic (exact) mass is 259 g/mol. The van der Waals surface area contributed by atoms with Gasteiger partial charge in [0.05, 0.1) is 5.56 Å². The van der Waals surface area contributed by atoms with E-state index in [1.807, 2.05) is 0 Å². The van der Waals surface area contributed by atoms with E-state index in [-0.39, 0.29) is 0 Å². The molecule has 102 valence electrons.